The number of hydrogen-bond acceptors (Lipinski definition) is 6. The first-order valence-corrected chi connectivity index (χ1v) is 10.9. The first kappa shape index (κ1) is 24.2. The highest BCUT2D eigenvalue weighted by Crippen LogP contribution is 2.20. The first-order valence-electron chi connectivity index (χ1n) is 10.9. The second-order valence-electron chi connectivity index (χ2n) is 9.10. The molecule has 0 aliphatic carbocycles. The van der Waals surface area contributed by atoms with Crippen LogP contribution in [0.2, 0.25) is 0 Å². The van der Waals surface area contributed by atoms with Crippen LogP contribution in [-0.4, -0.2) is 60.3 Å². The minimum atomic E-state index is -0.640. The summed E-state index contributed by atoms with van der Waals surface area (Å²) in [5, 5.41) is 14.8. The quantitative estimate of drug-likeness (QED) is 0.600. The van der Waals surface area contributed by atoms with Gasteiger partial charge in [-0.3, -0.25) is 4.90 Å². The molecular formula is C25H33FN2O4. The highest BCUT2D eigenvalue weighted by Gasteiger charge is 2.26. The van der Waals surface area contributed by atoms with Crippen LogP contribution in [0.4, 0.5) is 4.39 Å². The summed E-state index contributed by atoms with van der Waals surface area (Å²) in [5.74, 6) is 0.513. The molecular weight excluding hydrogens is 411 g/mol. The molecule has 2 aromatic carbocycles. The molecule has 1 aliphatic rings. The highest BCUT2D eigenvalue weighted by molar-refractivity contribution is 6.01. The second kappa shape index (κ2) is 10.9. The van der Waals surface area contributed by atoms with Crippen LogP contribution in [0.25, 0.3) is 0 Å². The molecule has 1 heterocycles. The van der Waals surface area contributed by atoms with Gasteiger partial charge in [0, 0.05) is 26.1 Å². The molecule has 0 fully saturated rings. The minimum absolute atomic E-state index is 0.156. The van der Waals surface area contributed by atoms with Crippen LogP contribution in [-0.2, 0) is 16.1 Å². The Morgan fingerprint density at radius 2 is 1.97 bits per heavy atom. The van der Waals surface area contributed by atoms with Crippen LogP contribution in [0.15, 0.2) is 53.7 Å². The summed E-state index contributed by atoms with van der Waals surface area (Å²) in [5.41, 5.74) is 2.41. The van der Waals surface area contributed by atoms with E-state index in [1.54, 1.807) is 19.2 Å². The van der Waals surface area contributed by atoms with Gasteiger partial charge < -0.3 is 19.4 Å². The van der Waals surface area contributed by atoms with Crippen molar-refractivity contribution in [3.05, 3.63) is 65.5 Å². The predicted octanol–water partition coefficient (Wildman–Crippen LogP) is 4.01. The number of nitrogens with zero attached hydrogens (tertiary/aromatic N) is 2. The van der Waals surface area contributed by atoms with Crippen LogP contribution in [0.3, 0.4) is 0 Å². The van der Waals surface area contributed by atoms with E-state index in [4.69, 9.17) is 14.3 Å². The lowest BCUT2D eigenvalue weighted by atomic mass is 10.0. The van der Waals surface area contributed by atoms with Crippen LogP contribution in [0.5, 0.6) is 5.75 Å². The summed E-state index contributed by atoms with van der Waals surface area (Å²) in [6, 6.07) is 14.1. The second-order valence-corrected chi connectivity index (χ2v) is 9.10. The Balaban J connectivity index is 1.64. The average molecular weight is 445 g/mol. The van der Waals surface area contributed by atoms with Crippen molar-refractivity contribution in [2.45, 2.75) is 51.5 Å². The largest absolute Gasteiger partial charge is 0.497 e. The van der Waals surface area contributed by atoms with Gasteiger partial charge in [-0.15, -0.1) is 0 Å². The van der Waals surface area contributed by atoms with E-state index in [-0.39, 0.29) is 24.1 Å². The van der Waals surface area contributed by atoms with Gasteiger partial charge in [0.15, 0.2) is 0 Å². The van der Waals surface area contributed by atoms with E-state index in [2.05, 4.69) is 10.1 Å². The van der Waals surface area contributed by atoms with Gasteiger partial charge in [0.25, 0.3) is 0 Å². The van der Waals surface area contributed by atoms with Crippen molar-refractivity contribution < 1.29 is 23.8 Å². The van der Waals surface area contributed by atoms with Crippen molar-refractivity contribution in [2.75, 3.05) is 26.8 Å². The van der Waals surface area contributed by atoms with Crippen molar-refractivity contribution >= 4 is 5.71 Å². The number of ether oxygens (including phenoxy) is 2. The third-order valence-electron chi connectivity index (χ3n) is 5.09. The van der Waals surface area contributed by atoms with Crippen molar-refractivity contribution in [1.29, 1.82) is 0 Å². The summed E-state index contributed by atoms with van der Waals surface area (Å²) < 4.78 is 24.3. The van der Waals surface area contributed by atoms with Gasteiger partial charge in [-0.25, -0.2) is 4.39 Å². The molecule has 7 heteroatoms. The molecule has 2 aromatic rings. The van der Waals surface area contributed by atoms with Crippen LogP contribution < -0.4 is 4.74 Å². The van der Waals surface area contributed by atoms with E-state index in [1.165, 1.54) is 12.1 Å². The van der Waals surface area contributed by atoms with Crippen molar-refractivity contribution in [2.24, 2.45) is 5.16 Å². The molecule has 0 saturated heterocycles. The van der Waals surface area contributed by atoms with Gasteiger partial charge in [0.2, 0.25) is 0 Å². The molecule has 0 bridgehead atoms. The molecule has 3 rings (SSSR count). The lowest BCUT2D eigenvalue weighted by Crippen LogP contribution is -2.40. The lowest BCUT2D eigenvalue weighted by molar-refractivity contribution is -0.0600. The van der Waals surface area contributed by atoms with Gasteiger partial charge >= 0.3 is 0 Å². The summed E-state index contributed by atoms with van der Waals surface area (Å²) in [7, 11) is 1.64. The van der Waals surface area contributed by atoms with Gasteiger partial charge in [0.1, 0.15) is 17.7 Å². The molecule has 0 unspecified atom stereocenters. The molecule has 1 aliphatic heterocycles. The van der Waals surface area contributed by atoms with E-state index < -0.39 is 6.10 Å². The lowest BCUT2D eigenvalue weighted by Gasteiger charge is -2.28. The zero-order valence-electron chi connectivity index (χ0n) is 19.3. The predicted molar refractivity (Wildman–Crippen MR) is 122 cm³/mol. The van der Waals surface area contributed by atoms with E-state index >= 15 is 0 Å². The molecule has 174 valence electrons. The van der Waals surface area contributed by atoms with Gasteiger partial charge in [0.05, 0.1) is 31.1 Å². The molecule has 0 aromatic heterocycles. The highest BCUT2D eigenvalue weighted by atomic mass is 19.1. The van der Waals surface area contributed by atoms with E-state index in [1.807, 2.05) is 45.0 Å². The third-order valence-corrected chi connectivity index (χ3v) is 5.09. The van der Waals surface area contributed by atoms with Crippen LogP contribution in [0, 0.1) is 5.82 Å². The summed E-state index contributed by atoms with van der Waals surface area (Å²) >= 11 is 0. The molecule has 2 atom stereocenters. The zero-order chi connectivity index (χ0) is 23.1. The Morgan fingerprint density at radius 3 is 2.66 bits per heavy atom. The van der Waals surface area contributed by atoms with Crippen LogP contribution in [0.1, 0.15) is 38.3 Å². The number of aliphatic hydroxyl groups excluding tert-OH is 1. The third kappa shape index (κ3) is 7.58. The molecule has 1 N–H and O–H groups in total. The molecule has 0 spiro atoms. The Hall–Kier alpha value is -2.48. The number of methoxy groups -OCH3 is 1. The maximum absolute atomic E-state index is 13.2. The van der Waals surface area contributed by atoms with Gasteiger partial charge in [-0.2, -0.15) is 0 Å². The molecule has 6 nitrogen and oxygen atoms in total. The fourth-order valence-electron chi connectivity index (χ4n) is 3.56. The van der Waals surface area contributed by atoms with Crippen molar-refractivity contribution in [3.63, 3.8) is 0 Å². The fraction of sp³-hybridized carbons (Fsp3) is 0.480. The van der Waals surface area contributed by atoms with E-state index in [0.29, 0.717) is 26.1 Å². The number of aliphatic hydroxyl groups is 1. The Bertz CT molecular complexity index is 896. The van der Waals surface area contributed by atoms with E-state index in [9.17, 15) is 9.50 Å². The smallest absolute Gasteiger partial charge is 0.145 e. The number of oxime groups is 1. The molecule has 0 amide bonds. The monoisotopic (exact) mass is 444 g/mol. The molecule has 32 heavy (non-hydrogen) atoms. The van der Waals surface area contributed by atoms with Crippen molar-refractivity contribution in [3.8, 4) is 5.75 Å². The minimum Gasteiger partial charge on any atom is -0.497 e. The topological polar surface area (TPSA) is 63.5 Å². The number of halogens is 1. The maximum Gasteiger partial charge on any atom is 0.145 e. The van der Waals surface area contributed by atoms with Gasteiger partial charge in [-0.1, -0.05) is 29.4 Å². The van der Waals surface area contributed by atoms with E-state index in [0.717, 1.165) is 22.6 Å². The van der Waals surface area contributed by atoms with Crippen LogP contribution >= 0.6 is 0 Å². The normalized spacial score (nSPS) is 17.2. The molecule has 0 radical (unpaired) electrons. The SMILES string of the molecule is COc1cccc(CN(C[C@@H](O)COC(C)(C)C)C[C@H]2CC(c3ccc(F)cc3)=NO2)c1. The number of benzene rings is 2. The number of hydrogen-bond donors (Lipinski definition) is 1. The summed E-state index contributed by atoms with van der Waals surface area (Å²) in [6.07, 6.45) is -0.176. The Kier molecular flexibility index (Phi) is 8.23. The molecule has 0 saturated carbocycles. The maximum atomic E-state index is 13.2. The first-order chi connectivity index (χ1) is 15.2. The van der Waals surface area contributed by atoms with Gasteiger partial charge in [-0.05, 0) is 56.2 Å². The van der Waals surface area contributed by atoms with Crippen molar-refractivity contribution in [1.82, 2.24) is 4.90 Å². The summed E-state index contributed by atoms with van der Waals surface area (Å²) in [6.45, 7) is 7.78. The number of rotatable bonds is 10. The Morgan fingerprint density at radius 1 is 1.22 bits per heavy atom. The fourth-order valence-corrected chi connectivity index (χ4v) is 3.56. The zero-order valence-corrected chi connectivity index (χ0v) is 19.3. The Labute approximate surface area is 189 Å². The standard InChI is InChI=1S/C25H33FN2O4/c1-25(2,3)31-17-21(29)15-28(14-18-6-5-7-22(12-18)30-4)16-23-13-24(27-32-23)19-8-10-20(26)11-9-19/h5-12,21,23,29H,13-17H2,1-4H3/t21-,23-/m1/s1. The average Bonchev–Trinajstić information content (AvgIpc) is 3.21. The summed E-state index contributed by atoms with van der Waals surface area (Å²) in [4.78, 5) is 7.81.